The van der Waals surface area contributed by atoms with Crippen LogP contribution < -0.4 is 5.32 Å². The summed E-state index contributed by atoms with van der Waals surface area (Å²) in [6, 6.07) is 0.0557. The summed E-state index contributed by atoms with van der Waals surface area (Å²) in [4.78, 5) is 14.0. The fraction of sp³-hybridized carbons (Fsp3) is 0.692. The molecule has 1 fully saturated rings. The van der Waals surface area contributed by atoms with Crippen molar-refractivity contribution in [2.24, 2.45) is 7.05 Å². The van der Waals surface area contributed by atoms with Crippen LogP contribution in [0, 0.1) is 6.92 Å². The molecular weight excluding hydrogens is 228 g/mol. The van der Waals surface area contributed by atoms with Crippen LogP contribution >= 0.6 is 0 Å². The minimum absolute atomic E-state index is 0.0557. The summed E-state index contributed by atoms with van der Waals surface area (Å²) in [5.41, 5.74) is 2.06. The first-order valence-electron chi connectivity index (χ1n) is 6.68. The van der Waals surface area contributed by atoms with Crippen molar-refractivity contribution in [2.45, 2.75) is 39.2 Å². The number of aryl methyl sites for hydroxylation is 2. The Morgan fingerprint density at radius 2 is 2.00 bits per heavy atom. The van der Waals surface area contributed by atoms with E-state index in [1.807, 2.05) is 25.1 Å². The first kappa shape index (κ1) is 12.9. The number of nitrogens with zero attached hydrogens (tertiary/aromatic N) is 3. The third-order valence-electron chi connectivity index (χ3n) is 3.44. The molecule has 1 aromatic heterocycles. The molecule has 0 atom stereocenters. The predicted molar refractivity (Wildman–Crippen MR) is 70.2 cm³/mol. The molecule has 1 aliphatic rings. The van der Waals surface area contributed by atoms with Gasteiger partial charge in [-0.1, -0.05) is 12.8 Å². The highest BCUT2D eigenvalue weighted by atomic mass is 16.2. The van der Waals surface area contributed by atoms with Crippen molar-refractivity contribution >= 4 is 6.03 Å². The smallest absolute Gasteiger partial charge is 0.317 e. The van der Waals surface area contributed by atoms with Crippen molar-refractivity contribution in [3.05, 3.63) is 17.5 Å². The van der Waals surface area contributed by atoms with E-state index in [9.17, 15) is 4.79 Å². The molecule has 2 rings (SSSR count). The maximum absolute atomic E-state index is 12.0. The quantitative estimate of drug-likeness (QED) is 0.870. The Kier molecular flexibility index (Phi) is 4.23. The number of amides is 2. The fourth-order valence-corrected chi connectivity index (χ4v) is 2.38. The Balaban J connectivity index is 1.85. The van der Waals surface area contributed by atoms with E-state index < -0.39 is 0 Å². The van der Waals surface area contributed by atoms with Crippen LogP contribution in [-0.4, -0.2) is 33.8 Å². The highest BCUT2D eigenvalue weighted by Gasteiger charge is 2.15. The van der Waals surface area contributed by atoms with E-state index in [-0.39, 0.29) is 6.03 Å². The molecule has 0 radical (unpaired) electrons. The number of nitrogens with one attached hydrogen (secondary N) is 1. The number of carbonyl (C=O) groups excluding carboxylic acids is 1. The Bertz CT molecular complexity index is 405. The Morgan fingerprint density at radius 1 is 1.33 bits per heavy atom. The van der Waals surface area contributed by atoms with Crippen LogP contribution in [0.25, 0.3) is 0 Å². The third-order valence-corrected chi connectivity index (χ3v) is 3.44. The largest absolute Gasteiger partial charge is 0.334 e. The minimum Gasteiger partial charge on any atom is -0.334 e. The molecule has 0 unspecified atom stereocenters. The molecule has 0 saturated carbocycles. The zero-order valence-corrected chi connectivity index (χ0v) is 11.3. The Labute approximate surface area is 108 Å². The summed E-state index contributed by atoms with van der Waals surface area (Å²) in [5, 5.41) is 7.25. The third kappa shape index (κ3) is 3.24. The van der Waals surface area contributed by atoms with Crippen LogP contribution in [0.4, 0.5) is 4.79 Å². The lowest BCUT2D eigenvalue weighted by Crippen LogP contribution is -2.40. The van der Waals surface area contributed by atoms with Crippen molar-refractivity contribution < 1.29 is 4.79 Å². The average Bonchev–Trinajstić information content (AvgIpc) is 2.59. The summed E-state index contributed by atoms with van der Waals surface area (Å²) in [7, 11) is 1.90. The standard InChI is InChI=1S/C13H22N4O/c1-11-12(10-16(2)15-11)9-14-13(18)17-7-5-3-4-6-8-17/h10H,3-9H2,1-2H3,(H,14,18). The lowest BCUT2D eigenvalue weighted by Gasteiger charge is -2.20. The summed E-state index contributed by atoms with van der Waals surface area (Å²) < 4.78 is 1.78. The maximum Gasteiger partial charge on any atom is 0.317 e. The van der Waals surface area contributed by atoms with Crippen LogP contribution in [0.2, 0.25) is 0 Å². The number of aromatic nitrogens is 2. The van der Waals surface area contributed by atoms with E-state index in [4.69, 9.17) is 0 Å². The van der Waals surface area contributed by atoms with Crippen molar-refractivity contribution in [3.63, 3.8) is 0 Å². The number of hydrogen-bond acceptors (Lipinski definition) is 2. The average molecular weight is 250 g/mol. The van der Waals surface area contributed by atoms with Crippen LogP contribution in [0.15, 0.2) is 6.20 Å². The zero-order valence-electron chi connectivity index (χ0n) is 11.3. The van der Waals surface area contributed by atoms with E-state index in [0.717, 1.165) is 37.2 Å². The predicted octanol–water partition coefficient (Wildman–Crippen LogP) is 1.81. The molecular formula is C13H22N4O. The van der Waals surface area contributed by atoms with Gasteiger partial charge >= 0.3 is 6.03 Å². The van der Waals surface area contributed by atoms with Gasteiger partial charge in [0.15, 0.2) is 0 Å². The molecule has 1 aromatic rings. The van der Waals surface area contributed by atoms with E-state index in [1.54, 1.807) is 4.68 Å². The van der Waals surface area contributed by atoms with Gasteiger partial charge in [0.05, 0.1) is 5.69 Å². The molecule has 1 aliphatic heterocycles. The van der Waals surface area contributed by atoms with Gasteiger partial charge in [-0.25, -0.2) is 4.79 Å². The van der Waals surface area contributed by atoms with Crippen LogP contribution in [0.1, 0.15) is 36.9 Å². The molecule has 1 saturated heterocycles. The van der Waals surface area contributed by atoms with Gasteiger partial charge in [0.2, 0.25) is 0 Å². The van der Waals surface area contributed by atoms with Gasteiger partial charge in [0, 0.05) is 38.4 Å². The Hall–Kier alpha value is -1.52. The number of urea groups is 1. The number of rotatable bonds is 2. The van der Waals surface area contributed by atoms with Crippen LogP contribution in [0.5, 0.6) is 0 Å². The molecule has 18 heavy (non-hydrogen) atoms. The van der Waals surface area contributed by atoms with Gasteiger partial charge < -0.3 is 10.2 Å². The van der Waals surface area contributed by atoms with E-state index in [2.05, 4.69) is 10.4 Å². The summed E-state index contributed by atoms with van der Waals surface area (Å²) in [6.07, 6.45) is 6.69. The van der Waals surface area contributed by atoms with Crippen molar-refractivity contribution in [1.29, 1.82) is 0 Å². The number of likely N-dealkylation sites (tertiary alicyclic amines) is 1. The van der Waals surface area contributed by atoms with Gasteiger partial charge in [-0.2, -0.15) is 5.10 Å². The van der Waals surface area contributed by atoms with E-state index in [0.29, 0.717) is 6.54 Å². The first-order chi connectivity index (χ1) is 8.66. The molecule has 100 valence electrons. The second kappa shape index (κ2) is 5.89. The molecule has 0 aromatic carbocycles. The van der Waals surface area contributed by atoms with E-state index in [1.165, 1.54) is 12.8 Å². The van der Waals surface area contributed by atoms with Crippen molar-refractivity contribution in [1.82, 2.24) is 20.0 Å². The highest BCUT2D eigenvalue weighted by molar-refractivity contribution is 5.74. The number of carbonyl (C=O) groups is 1. The lowest BCUT2D eigenvalue weighted by molar-refractivity contribution is 0.199. The van der Waals surface area contributed by atoms with Crippen molar-refractivity contribution in [2.75, 3.05) is 13.1 Å². The number of hydrogen-bond donors (Lipinski definition) is 1. The maximum atomic E-state index is 12.0. The molecule has 0 aliphatic carbocycles. The summed E-state index contributed by atoms with van der Waals surface area (Å²) in [6.45, 7) is 4.30. The minimum atomic E-state index is 0.0557. The monoisotopic (exact) mass is 250 g/mol. The molecule has 5 heteroatoms. The molecule has 2 heterocycles. The van der Waals surface area contributed by atoms with Gasteiger partial charge in [-0.3, -0.25) is 4.68 Å². The molecule has 0 bridgehead atoms. The highest BCUT2D eigenvalue weighted by Crippen LogP contribution is 2.10. The van der Waals surface area contributed by atoms with Gasteiger partial charge in [-0.15, -0.1) is 0 Å². The summed E-state index contributed by atoms with van der Waals surface area (Å²) in [5.74, 6) is 0. The zero-order chi connectivity index (χ0) is 13.0. The first-order valence-corrected chi connectivity index (χ1v) is 6.68. The van der Waals surface area contributed by atoms with Gasteiger partial charge in [-0.05, 0) is 19.8 Å². The summed E-state index contributed by atoms with van der Waals surface area (Å²) >= 11 is 0. The fourth-order valence-electron chi connectivity index (χ4n) is 2.38. The second-order valence-corrected chi connectivity index (χ2v) is 4.97. The van der Waals surface area contributed by atoms with Crippen molar-refractivity contribution in [3.8, 4) is 0 Å². The SMILES string of the molecule is Cc1nn(C)cc1CNC(=O)N1CCCCCC1. The lowest BCUT2D eigenvalue weighted by atomic mass is 10.2. The molecule has 1 N–H and O–H groups in total. The van der Waals surface area contributed by atoms with Gasteiger partial charge in [0.1, 0.15) is 0 Å². The normalized spacial score (nSPS) is 16.4. The topological polar surface area (TPSA) is 50.2 Å². The Morgan fingerprint density at radius 3 is 2.56 bits per heavy atom. The molecule has 2 amide bonds. The second-order valence-electron chi connectivity index (χ2n) is 4.97. The van der Waals surface area contributed by atoms with Crippen LogP contribution in [-0.2, 0) is 13.6 Å². The van der Waals surface area contributed by atoms with Gasteiger partial charge in [0.25, 0.3) is 0 Å². The van der Waals surface area contributed by atoms with Crippen LogP contribution in [0.3, 0.4) is 0 Å². The molecule has 0 spiro atoms. The van der Waals surface area contributed by atoms with E-state index >= 15 is 0 Å². The molecule has 5 nitrogen and oxygen atoms in total.